The number of aryl methyl sites for hydroxylation is 2. The molecule has 0 aromatic heterocycles. The molecule has 3 nitrogen and oxygen atoms in total. The average molecular weight is 218 g/mol. The van der Waals surface area contributed by atoms with Crippen LogP contribution in [0.5, 0.6) is 0 Å². The first-order chi connectivity index (χ1) is 7.58. The van der Waals surface area contributed by atoms with Crippen LogP contribution in [0.3, 0.4) is 0 Å². The molecule has 0 saturated carbocycles. The Kier molecular flexibility index (Phi) is 4.00. The number of hydrogen-bond donors (Lipinski definition) is 0. The molecule has 0 heterocycles. The molecule has 0 atom stereocenters. The smallest absolute Gasteiger partial charge is 0.330 e. The van der Waals surface area contributed by atoms with E-state index in [0.29, 0.717) is 5.56 Å². The van der Waals surface area contributed by atoms with Crippen molar-refractivity contribution in [1.29, 1.82) is 0 Å². The molecule has 1 aromatic rings. The van der Waals surface area contributed by atoms with Crippen molar-refractivity contribution in [3.05, 3.63) is 40.5 Å². The first-order valence-corrected chi connectivity index (χ1v) is 4.91. The normalized spacial score (nSPS) is 10.4. The van der Waals surface area contributed by atoms with Gasteiger partial charge in [-0.3, -0.25) is 4.79 Å². The SMILES string of the molecule is COC(=O)/C=C/c1c(C)cc(C=O)cc1C. The summed E-state index contributed by atoms with van der Waals surface area (Å²) in [6.45, 7) is 3.80. The third-order valence-electron chi connectivity index (χ3n) is 2.34. The number of carbonyl (C=O) groups excluding carboxylic acids is 2. The first-order valence-electron chi connectivity index (χ1n) is 4.91. The maximum atomic E-state index is 11.0. The molecule has 0 bridgehead atoms. The Balaban J connectivity index is 3.10. The summed E-state index contributed by atoms with van der Waals surface area (Å²) in [7, 11) is 1.34. The third-order valence-corrected chi connectivity index (χ3v) is 2.34. The minimum Gasteiger partial charge on any atom is -0.466 e. The van der Waals surface area contributed by atoms with E-state index in [1.165, 1.54) is 13.2 Å². The molecule has 0 fully saturated rings. The van der Waals surface area contributed by atoms with Gasteiger partial charge in [0.2, 0.25) is 0 Å². The molecule has 1 aromatic carbocycles. The lowest BCUT2D eigenvalue weighted by molar-refractivity contribution is -0.134. The highest BCUT2D eigenvalue weighted by molar-refractivity contribution is 5.88. The van der Waals surface area contributed by atoms with Crippen LogP contribution in [0.4, 0.5) is 0 Å². The van der Waals surface area contributed by atoms with Crippen molar-refractivity contribution in [3.8, 4) is 0 Å². The largest absolute Gasteiger partial charge is 0.466 e. The topological polar surface area (TPSA) is 43.4 Å². The van der Waals surface area contributed by atoms with E-state index in [1.807, 2.05) is 13.8 Å². The second kappa shape index (κ2) is 5.26. The fourth-order valence-corrected chi connectivity index (χ4v) is 1.56. The fraction of sp³-hybridized carbons (Fsp3) is 0.231. The number of hydrogen-bond acceptors (Lipinski definition) is 3. The summed E-state index contributed by atoms with van der Waals surface area (Å²) >= 11 is 0. The van der Waals surface area contributed by atoms with Crippen molar-refractivity contribution in [2.75, 3.05) is 7.11 Å². The van der Waals surface area contributed by atoms with Gasteiger partial charge in [-0.1, -0.05) is 0 Å². The van der Waals surface area contributed by atoms with Crippen molar-refractivity contribution >= 4 is 18.3 Å². The van der Waals surface area contributed by atoms with Crippen LogP contribution in [0.25, 0.3) is 6.08 Å². The molecule has 16 heavy (non-hydrogen) atoms. The number of aldehydes is 1. The Hall–Kier alpha value is -1.90. The minimum absolute atomic E-state index is 0.390. The van der Waals surface area contributed by atoms with Gasteiger partial charge in [-0.15, -0.1) is 0 Å². The van der Waals surface area contributed by atoms with Crippen molar-refractivity contribution < 1.29 is 14.3 Å². The molecular weight excluding hydrogens is 204 g/mol. The average Bonchev–Trinajstić information content (AvgIpc) is 2.27. The van der Waals surface area contributed by atoms with Gasteiger partial charge in [-0.25, -0.2) is 4.79 Å². The summed E-state index contributed by atoms with van der Waals surface area (Å²) in [5, 5.41) is 0. The summed E-state index contributed by atoms with van der Waals surface area (Å²) in [5.74, 6) is -0.390. The van der Waals surface area contributed by atoms with E-state index >= 15 is 0 Å². The van der Waals surface area contributed by atoms with Gasteiger partial charge in [0.1, 0.15) is 6.29 Å². The van der Waals surface area contributed by atoms with Gasteiger partial charge in [0.15, 0.2) is 0 Å². The van der Waals surface area contributed by atoms with Crippen LogP contribution < -0.4 is 0 Å². The van der Waals surface area contributed by atoms with E-state index in [0.717, 1.165) is 23.0 Å². The Labute approximate surface area is 94.7 Å². The van der Waals surface area contributed by atoms with Crippen LogP contribution in [0.15, 0.2) is 18.2 Å². The van der Waals surface area contributed by atoms with Crippen molar-refractivity contribution in [3.63, 3.8) is 0 Å². The van der Waals surface area contributed by atoms with E-state index in [9.17, 15) is 9.59 Å². The molecule has 0 spiro atoms. The van der Waals surface area contributed by atoms with Gasteiger partial charge in [0.05, 0.1) is 7.11 Å². The van der Waals surface area contributed by atoms with E-state index in [-0.39, 0.29) is 0 Å². The van der Waals surface area contributed by atoms with Gasteiger partial charge in [0.25, 0.3) is 0 Å². The zero-order valence-corrected chi connectivity index (χ0v) is 9.61. The lowest BCUT2D eigenvalue weighted by atomic mass is 9.99. The highest BCUT2D eigenvalue weighted by atomic mass is 16.5. The second-order valence-electron chi connectivity index (χ2n) is 3.54. The number of carbonyl (C=O) groups is 2. The molecule has 0 amide bonds. The molecule has 0 aliphatic carbocycles. The van der Waals surface area contributed by atoms with Gasteiger partial charge >= 0.3 is 5.97 Å². The Morgan fingerprint density at radius 1 is 1.25 bits per heavy atom. The van der Waals surface area contributed by atoms with Gasteiger partial charge in [0, 0.05) is 11.6 Å². The molecule has 84 valence electrons. The van der Waals surface area contributed by atoms with E-state index < -0.39 is 5.97 Å². The van der Waals surface area contributed by atoms with E-state index in [4.69, 9.17) is 0 Å². The Morgan fingerprint density at radius 3 is 2.25 bits per heavy atom. The molecule has 0 aliphatic heterocycles. The third kappa shape index (κ3) is 2.79. The first kappa shape index (κ1) is 12.2. The molecule has 0 unspecified atom stereocenters. The summed E-state index contributed by atoms with van der Waals surface area (Å²) in [6, 6.07) is 3.58. The van der Waals surface area contributed by atoms with Crippen LogP contribution in [0, 0.1) is 13.8 Å². The van der Waals surface area contributed by atoms with E-state index in [1.54, 1.807) is 18.2 Å². The predicted molar refractivity (Wildman–Crippen MR) is 62.4 cm³/mol. The quantitative estimate of drug-likeness (QED) is 0.444. The molecule has 0 N–H and O–H groups in total. The highest BCUT2D eigenvalue weighted by Crippen LogP contribution is 2.17. The van der Waals surface area contributed by atoms with Crippen molar-refractivity contribution in [1.82, 2.24) is 0 Å². The van der Waals surface area contributed by atoms with Crippen LogP contribution in [0.2, 0.25) is 0 Å². The van der Waals surface area contributed by atoms with Crippen molar-refractivity contribution in [2.45, 2.75) is 13.8 Å². The van der Waals surface area contributed by atoms with E-state index in [2.05, 4.69) is 4.74 Å². The highest BCUT2D eigenvalue weighted by Gasteiger charge is 2.02. The second-order valence-corrected chi connectivity index (χ2v) is 3.54. The lowest BCUT2D eigenvalue weighted by Gasteiger charge is -2.06. The maximum absolute atomic E-state index is 11.0. The minimum atomic E-state index is -0.390. The van der Waals surface area contributed by atoms with Gasteiger partial charge < -0.3 is 4.74 Å². The monoisotopic (exact) mass is 218 g/mol. The molecule has 0 radical (unpaired) electrons. The number of ether oxygens (including phenoxy) is 1. The molecule has 0 aliphatic rings. The van der Waals surface area contributed by atoms with Crippen LogP contribution in [0.1, 0.15) is 27.0 Å². The Bertz CT molecular complexity index is 421. The summed E-state index contributed by atoms with van der Waals surface area (Å²) in [6.07, 6.45) is 3.88. The maximum Gasteiger partial charge on any atom is 0.330 e. The molecule has 1 rings (SSSR count). The number of rotatable bonds is 3. The standard InChI is InChI=1S/C13H14O3/c1-9-6-11(8-14)7-10(2)12(9)4-5-13(15)16-3/h4-8H,1-3H3/b5-4+. The van der Waals surface area contributed by atoms with Crippen LogP contribution in [-0.4, -0.2) is 19.4 Å². The molecular formula is C13H14O3. The number of esters is 1. The fourth-order valence-electron chi connectivity index (χ4n) is 1.56. The number of methoxy groups -OCH3 is 1. The van der Waals surface area contributed by atoms with Crippen LogP contribution >= 0.6 is 0 Å². The molecule has 3 heteroatoms. The summed E-state index contributed by atoms with van der Waals surface area (Å²) < 4.78 is 4.51. The van der Waals surface area contributed by atoms with Crippen LogP contribution in [-0.2, 0) is 9.53 Å². The summed E-state index contributed by atoms with van der Waals surface area (Å²) in [5.41, 5.74) is 3.51. The number of benzene rings is 1. The zero-order valence-electron chi connectivity index (χ0n) is 9.61. The van der Waals surface area contributed by atoms with Gasteiger partial charge in [-0.05, 0) is 48.7 Å². The molecule has 0 saturated heterocycles. The Morgan fingerprint density at radius 2 is 1.81 bits per heavy atom. The zero-order chi connectivity index (χ0) is 12.1. The lowest BCUT2D eigenvalue weighted by Crippen LogP contribution is -1.95. The summed E-state index contributed by atoms with van der Waals surface area (Å²) in [4.78, 5) is 21.6. The predicted octanol–water partition coefficient (Wildman–Crippen LogP) is 2.30. The van der Waals surface area contributed by atoms with Gasteiger partial charge in [-0.2, -0.15) is 0 Å². The van der Waals surface area contributed by atoms with Crippen molar-refractivity contribution in [2.24, 2.45) is 0 Å².